The van der Waals surface area contributed by atoms with Crippen LogP contribution in [0.15, 0.2) is 47.8 Å². The van der Waals surface area contributed by atoms with Gasteiger partial charge in [-0.25, -0.2) is 0 Å². The Morgan fingerprint density at radius 2 is 2.28 bits per heavy atom. The highest BCUT2D eigenvalue weighted by atomic mass is 32.2. The third-order valence-corrected chi connectivity index (χ3v) is 5.60. The van der Waals surface area contributed by atoms with Crippen molar-refractivity contribution in [3.63, 3.8) is 0 Å². The van der Waals surface area contributed by atoms with Gasteiger partial charge in [0.05, 0.1) is 12.6 Å². The number of aromatic amines is 1. The summed E-state index contributed by atoms with van der Waals surface area (Å²) in [5, 5.41) is 11.1. The highest BCUT2D eigenvalue weighted by Crippen LogP contribution is 2.31. The van der Waals surface area contributed by atoms with E-state index in [0.717, 1.165) is 59.4 Å². The molecule has 1 aliphatic heterocycles. The Kier molecular flexibility index (Phi) is 4.63. The van der Waals surface area contributed by atoms with Gasteiger partial charge in [0.25, 0.3) is 0 Å². The van der Waals surface area contributed by atoms with E-state index in [1.165, 1.54) is 5.39 Å². The van der Waals surface area contributed by atoms with Crippen molar-refractivity contribution >= 4 is 22.7 Å². The molecule has 1 fully saturated rings. The van der Waals surface area contributed by atoms with E-state index in [2.05, 4.69) is 44.5 Å². The fraction of sp³-hybridized carbons (Fsp3) is 0.368. The molecule has 130 valence electrons. The molecule has 0 spiro atoms. The summed E-state index contributed by atoms with van der Waals surface area (Å²) in [5.74, 6) is 1.74. The van der Waals surface area contributed by atoms with E-state index in [1.807, 2.05) is 19.2 Å². The molecule has 0 amide bonds. The summed E-state index contributed by atoms with van der Waals surface area (Å²) in [6.07, 6.45) is 4.48. The van der Waals surface area contributed by atoms with Gasteiger partial charge < -0.3 is 9.72 Å². The van der Waals surface area contributed by atoms with Crippen LogP contribution in [0.3, 0.4) is 0 Å². The minimum absolute atomic E-state index is 0.240. The summed E-state index contributed by atoms with van der Waals surface area (Å²) in [6, 6.07) is 8.29. The molecule has 25 heavy (non-hydrogen) atoms. The molecule has 1 saturated heterocycles. The van der Waals surface area contributed by atoms with Crippen LogP contribution in [0.2, 0.25) is 0 Å². The SMILES string of the molecule is C=C(C)CSc1nnc(-c2c[nH]c3ccccc23)n1C[C@@H]1CCCO1. The van der Waals surface area contributed by atoms with Crippen LogP contribution in [0.5, 0.6) is 0 Å². The van der Waals surface area contributed by atoms with Crippen molar-refractivity contribution in [2.75, 3.05) is 12.4 Å². The fourth-order valence-corrected chi connectivity index (χ4v) is 3.99. The molecule has 0 bridgehead atoms. The number of H-pyrrole nitrogens is 1. The van der Waals surface area contributed by atoms with E-state index < -0.39 is 0 Å². The number of hydrogen-bond acceptors (Lipinski definition) is 4. The molecule has 1 N–H and O–H groups in total. The van der Waals surface area contributed by atoms with Gasteiger partial charge in [0, 0.05) is 35.0 Å². The monoisotopic (exact) mass is 354 g/mol. The number of fused-ring (bicyclic) bond motifs is 1. The van der Waals surface area contributed by atoms with Crippen molar-refractivity contribution in [2.45, 2.75) is 37.6 Å². The Bertz CT molecular complexity index is 892. The van der Waals surface area contributed by atoms with Crippen molar-refractivity contribution in [3.05, 3.63) is 42.6 Å². The Morgan fingerprint density at radius 3 is 3.08 bits per heavy atom. The number of thioether (sulfide) groups is 1. The average molecular weight is 354 g/mol. The number of benzene rings is 1. The molecule has 1 aromatic carbocycles. The van der Waals surface area contributed by atoms with Crippen molar-refractivity contribution in [3.8, 4) is 11.4 Å². The zero-order valence-corrected chi connectivity index (χ0v) is 15.2. The summed E-state index contributed by atoms with van der Waals surface area (Å²) in [6.45, 7) is 7.67. The normalized spacial score (nSPS) is 17.4. The van der Waals surface area contributed by atoms with Gasteiger partial charge in [0.2, 0.25) is 0 Å². The lowest BCUT2D eigenvalue weighted by molar-refractivity contribution is 0.0953. The molecule has 0 radical (unpaired) electrons. The molecule has 0 unspecified atom stereocenters. The van der Waals surface area contributed by atoms with Gasteiger partial charge in [-0.1, -0.05) is 42.1 Å². The quantitative estimate of drug-likeness (QED) is 0.530. The van der Waals surface area contributed by atoms with E-state index >= 15 is 0 Å². The summed E-state index contributed by atoms with van der Waals surface area (Å²) >= 11 is 1.69. The lowest BCUT2D eigenvalue weighted by atomic mass is 10.1. The first-order chi connectivity index (χ1) is 12.2. The lowest BCUT2D eigenvalue weighted by Crippen LogP contribution is -2.16. The van der Waals surface area contributed by atoms with Crippen LogP contribution < -0.4 is 0 Å². The highest BCUT2D eigenvalue weighted by molar-refractivity contribution is 7.99. The number of nitrogens with zero attached hydrogens (tertiary/aromatic N) is 3. The Morgan fingerprint density at radius 1 is 1.40 bits per heavy atom. The smallest absolute Gasteiger partial charge is 0.191 e. The van der Waals surface area contributed by atoms with Crippen molar-refractivity contribution in [1.29, 1.82) is 0 Å². The Labute approximate surface area is 151 Å². The van der Waals surface area contributed by atoms with Crippen LogP contribution in [0, 0.1) is 0 Å². The van der Waals surface area contributed by atoms with Crippen LogP contribution in [0.4, 0.5) is 0 Å². The molecule has 1 atom stereocenters. The largest absolute Gasteiger partial charge is 0.376 e. The van der Waals surface area contributed by atoms with Crippen molar-refractivity contribution in [1.82, 2.24) is 19.7 Å². The predicted molar refractivity (Wildman–Crippen MR) is 102 cm³/mol. The zero-order chi connectivity index (χ0) is 17.2. The third-order valence-electron chi connectivity index (χ3n) is 4.40. The van der Waals surface area contributed by atoms with E-state index in [1.54, 1.807) is 11.8 Å². The second-order valence-electron chi connectivity index (χ2n) is 6.55. The maximum atomic E-state index is 5.86. The van der Waals surface area contributed by atoms with E-state index in [-0.39, 0.29) is 6.10 Å². The number of hydrogen-bond donors (Lipinski definition) is 1. The maximum absolute atomic E-state index is 5.86. The van der Waals surface area contributed by atoms with Gasteiger partial charge in [-0.3, -0.25) is 4.57 Å². The molecular weight excluding hydrogens is 332 g/mol. The molecule has 3 heterocycles. The predicted octanol–water partition coefficient (Wildman–Crippen LogP) is 4.27. The molecule has 4 rings (SSSR count). The molecule has 1 aliphatic rings. The minimum Gasteiger partial charge on any atom is -0.376 e. The topological polar surface area (TPSA) is 55.7 Å². The number of rotatable bonds is 6. The van der Waals surface area contributed by atoms with Crippen LogP contribution in [-0.2, 0) is 11.3 Å². The average Bonchev–Trinajstić information content (AvgIpc) is 3.33. The highest BCUT2D eigenvalue weighted by Gasteiger charge is 2.23. The summed E-state index contributed by atoms with van der Waals surface area (Å²) in [5.41, 5.74) is 3.33. The molecule has 5 nitrogen and oxygen atoms in total. The second kappa shape index (κ2) is 7.06. The standard InChI is InChI=1S/C19H22N4OS/c1-13(2)12-25-19-22-21-18(23(19)11-14-6-5-9-24-14)16-10-20-17-8-4-3-7-15(16)17/h3-4,7-8,10,14,20H,1,5-6,9,11-12H2,2H3/t14-/m0/s1. The number of para-hydroxylation sites is 1. The molecular formula is C19H22N4OS. The van der Waals surface area contributed by atoms with Gasteiger partial charge in [-0.05, 0) is 25.8 Å². The summed E-state index contributed by atoms with van der Waals surface area (Å²) < 4.78 is 8.06. The summed E-state index contributed by atoms with van der Waals surface area (Å²) in [4.78, 5) is 3.33. The minimum atomic E-state index is 0.240. The van der Waals surface area contributed by atoms with Crippen LogP contribution in [0.1, 0.15) is 19.8 Å². The fourth-order valence-electron chi connectivity index (χ4n) is 3.20. The van der Waals surface area contributed by atoms with Gasteiger partial charge in [0.15, 0.2) is 11.0 Å². The van der Waals surface area contributed by atoms with Gasteiger partial charge in [0.1, 0.15) is 0 Å². The molecule has 0 aliphatic carbocycles. The molecule has 3 aromatic rings. The maximum Gasteiger partial charge on any atom is 0.191 e. The van der Waals surface area contributed by atoms with E-state index in [0.29, 0.717) is 0 Å². The first-order valence-corrected chi connectivity index (χ1v) is 9.59. The van der Waals surface area contributed by atoms with Crippen LogP contribution in [-0.4, -0.2) is 38.2 Å². The second-order valence-corrected chi connectivity index (χ2v) is 7.49. The number of aromatic nitrogens is 4. The summed E-state index contributed by atoms with van der Waals surface area (Å²) in [7, 11) is 0. The first kappa shape index (κ1) is 16.4. The third kappa shape index (κ3) is 3.37. The van der Waals surface area contributed by atoms with E-state index in [4.69, 9.17) is 4.74 Å². The van der Waals surface area contributed by atoms with Crippen molar-refractivity contribution < 1.29 is 4.74 Å². The molecule has 6 heteroatoms. The van der Waals surface area contributed by atoms with Gasteiger partial charge >= 0.3 is 0 Å². The molecule has 2 aromatic heterocycles. The van der Waals surface area contributed by atoms with Crippen LogP contribution >= 0.6 is 11.8 Å². The van der Waals surface area contributed by atoms with E-state index in [9.17, 15) is 0 Å². The van der Waals surface area contributed by atoms with Crippen molar-refractivity contribution in [2.24, 2.45) is 0 Å². The van der Waals surface area contributed by atoms with Gasteiger partial charge in [-0.2, -0.15) is 0 Å². The number of ether oxygens (including phenoxy) is 1. The first-order valence-electron chi connectivity index (χ1n) is 8.61. The van der Waals surface area contributed by atoms with Crippen LogP contribution in [0.25, 0.3) is 22.3 Å². The molecule has 0 saturated carbocycles. The Hall–Kier alpha value is -2.05. The zero-order valence-electron chi connectivity index (χ0n) is 14.4. The van der Waals surface area contributed by atoms with Gasteiger partial charge in [-0.15, -0.1) is 10.2 Å². The number of nitrogens with one attached hydrogen (secondary N) is 1. The lowest BCUT2D eigenvalue weighted by Gasteiger charge is -2.14. The Balaban J connectivity index is 1.74.